The van der Waals surface area contributed by atoms with Crippen LogP contribution in [0.15, 0.2) is 0 Å². The van der Waals surface area contributed by atoms with Crippen molar-refractivity contribution in [1.29, 1.82) is 0 Å². The quantitative estimate of drug-likeness (QED) is 0.718. The summed E-state index contributed by atoms with van der Waals surface area (Å²) in [4.78, 5) is 25.8. The molecule has 1 aliphatic heterocycles. The van der Waals surface area contributed by atoms with Crippen LogP contribution < -0.4 is 0 Å². The van der Waals surface area contributed by atoms with Crippen LogP contribution in [0.4, 0.5) is 13.2 Å². The van der Waals surface area contributed by atoms with E-state index < -0.39 is 29.9 Å². The predicted octanol–water partition coefficient (Wildman–Crippen LogP) is 0.748. The zero-order valence-electron chi connectivity index (χ0n) is 11.7. The average Bonchev–Trinajstić information content (AvgIpc) is 2.70. The Morgan fingerprint density at radius 3 is 2.45 bits per heavy atom. The molecule has 1 saturated heterocycles. The van der Waals surface area contributed by atoms with Crippen molar-refractivity contribution < 1.29 is 27.5 Å². The number of likely N-dealkylation sites (tertiary alicyclic amines) is 1. The molecule has 20 heavy (non-hydrogen) atoms. The maximum absolute atomic E-state index is 12.9. The summed E-state index contributed by atoms with van der Waals surface area (Å²) < 4.78 is 43.4. The number of halogens is 3. The van der Waals surface area contributed by atoms with E-state index in [1.54, 1.807) is 6.92 Å². The van der Waals surface area contributed by atoms with E-state index in [4.69, 9.17) is 0 Å². The fraction of sp³-hybridized carbons (Fsp3) is 0.833. The number of carbonyl (C=O) groups excluding carboxylic acids is 2. The van der Waals surface area contributed by atoms with Gasteiger partial charge in [-0.25, -0.2) is 0 Å². The van der Waals surface area contributed by atoms with Gasteiger partial charge in [0.05, 0.1) is 18.4 Å². The number of alkyl halides is 3. The number of hydrogen-bond donors (Lipinski definition) is 0. The number of carbonyl (C=O) groups is 2. The van der Waals surface area contributed by atoms with Crippen molar-refractivity contribution in [1.82, 2.24) is 9.80 Å². The van der Waals surface area contributed by atoms with Gasteiger partial charge in [0.15, 0.2) is 0 Å². The molecule has 8 heteroatoms. The highest BCUT2D eigenvalue weighted by Gasteiger charge is 2.52. The maximum Gasteiger partial charge on any atom is 0.393 e. The number of likely N-dealkylation sites (N-methyl/N-ethyl adjacent to an activating group) is 1. The van der Waals surface area contributed by atoms with Crippen molar-refractivity contribution in [3.05, 3.63) is 0 Å². The first-order valence-corrected chi connectivity index (χ1v) is 6.32. The minimum Gasteiger partial charge on any atom is -0.465 e. The van der Waals surface area contributed by atoms with Gasteiger partial charge < -0.3 is 14.5 Å². The Bertz CT molecular complexity index is 373. The van der Waals surface area contributed by atoms with Gasteiger partial charge in [-0.05, 0) is 14.0 Å². The Morgan fingerprint density at radius 2 is 1.95 bits per heavy atom. The van der Waals surface area contributed by atoms with Crippen molar-refractivity contribution in [2.45, 2.75) is 13.1 Å². The molecule has 0 aromatic heterocycles. The van der Waals surface area contributed by atoms with Crippen LogP contribution in [0.1, 0.15) is 6.92 Å². The lowest BCUT2D eigenvalue weighted by Crippen LogP contribution is -2.43. The molecule has 5 nitrogen and oxygen atoms in total. The highest BCUT2D eigenvalue weighted by Crippen LogP contribution is 2.37. The molecule has 116 valence electrons. The van der Waals surface area contributed by atoms with Crippen LogP contribution in [0.3, 0.4) is 0 Å². The molecule has 2 atom stereocenters. The number of rotatable bonds is 4. The van der Waals surface area contributed by atoms with Gasteiger partial charge in [0.1, 0.15) is 6.54 Å². The molecule has 0 aliphatic carbocycles. The smallest absolute Gasteiger partial charge is 0.393 e. The molecule has 0 aromatic carbocycles. The molecule has 2 unspecified atom stereocenters. The number of ether oxygens (including phenoxy) is 1. The van der Waals surface area contributed by atoms with E-state index in [1.165, 1.54) is 19.0 Å². The van der Waals surface area contributed by atoms with Gasteiger partial charge in [0.25, 0.3) is 0 Å². The fourth-order valence-corrected chi connectivity index (χ4v) is 2.34. The van der Waals surface area contributed by atoms with Crippen LogP contribution in [0.5, 0.6) is 0 Å². The van der Waals surface area contributed by atoms with E-state index in [0.29, 0.717) is 0 Å². The zero-order valence-corrected chi connectivity index (χ0v) is 11.7. The summed E-state index contributed by atoms with van der Waals surface area (Å²) in [7, 11) is 2.85. The van der Waals surface area contributed by atoms with Gasteiger partial charge >= 0.3 is 12.1 Å². The summed E-state index contributed by atoms with van der Waals surface area (Å²) in [5, 5.41) is 0. The van der Waals surface area contributed by atoms with Crippen LogP contribution in [-0.2, 0) is 14.3 Å². The number of hydrogen-bond acceptors (Lipinski definition) is 4. The maximum atomic E-state index is 12.9. The molecule has 0 saturated carbocycles. The molecule has 0 bridgehead atoms. The molecule has 1 amide bonds. The summed E-state index contributed by atoms with van der Waals surface area (Å²) in [5.74, 6) is -4.16. The molecular formula is C12H19F3N2O3. The number of amides is 1. The molecular weight excluding hydrogens is 277 g/mol. The first kappa shape index (κ1) is 16.7. The molecule has 0 radical (unpaired) electrons. The second-order valence-corrected chi connectivity index (χ2v) is 4.98. The Hall–Kier alpha value is -1.31. The minimum absolute atomic E-state index is 0.0379. The van der Waals surface area contributed by atoms with E-state index in [0.717, 1.165) is 4.90 Å². The number of esters is 1. The first-order valence-electron chi connectivity index (χ1n) is 6.32. The minimum atomic E-state index is -4.42. The summed E-state index contributed by atoms with van der Waals surface area (Å²) in [6.45, 7) is 1.28. The van der Waals surface area contributed by atoms with E-state index in [1.807, 2.05) is 0 Å². The normalized spacial score (nSPS) is 23.7. The molecule has 1 rings (SSSR count). The Balaban J connectivity index is 2.71. The second kappa shape index (κ2) is 6.43. The van der Waals surface area contributed by atoms with Gasteiger partial charge in [-0.2, -0.15) is 13.2 Å². The average molecular weight is 296 g/mol. The highest BCUT2D eigenvalue weighted by atomic mass is 19.4. The summed E-state index contributed by atoms with van der Waals surface area (Å²) in [5.41, 5.74) is 0. The Labute approximate surface area is 115 Å². The zero-order chi connectivity index (χ0) is 15.5. The standard InChI is InChI=1S/C12H19F3N2O3/c1-4-20-10(18)7-17(3)11(19)8-5-16(2)6-9(8)12(13,14)15/h8-9H,4-7H2,1-3H3. The Kier molecular flexibility index (Phi) is 5.38. The molecule has 0 aromatic rings. The van der Waals surface area contributed by atoms with Gasteiger partial charge in [-0.15, -0.1) is 0 Å². The largest absolute Gasteiger partial charge is 0.465 e. The summed E-state index contributed by atoms with van der Waals surface area (Å²) in [6.07, 6.45) is -4.42. The van der Waals surface area contributed by atoms with Crippen molar-refractivity contribution >= 4 is 11.9 Å². The topological polar surface area (TPSA) is 49.9 Å². The van der Waals surface area contributed by atoms with Gasteiger partial charge in [0.2, 0.25) is 5.91 Å². The second-order valence-electron chi connectivity index (χ2n) is 4.98. The van der Waals surface area contributed by atoms with Crippen LogP contribution in [-0.4, -0.2) is 68.2 Å². The molecule has 0 N–H and O–H groups in total. The third-order valence-corrected chi connectivity index (χ3v) is 3.29. The van der Waals surface area contributed by atoms with Crippen LogP contribution in [0, 0.1) is 11.8 Å². The molecule has 1 fully saturated rings. The van der Waals surface area contributed by atoms with Crippen LogP contribution in [0.2, 0.25) is 0 Å². The molecule has 1 aliphatic rings. The third-order valence-electron chi connectivity index (χ3n) is 3.29. The first-order chi connectivity index (χ1) is 9.16. The fourth-order valence-electron chi connectivity index (χ4n) is 2.34. The van der Waals surface area contributed by atoms with E-state index >= 15 is 0 Å². The van der Waals surface area contributed by atoms with Gasteiger partial charge in [0, 0.05) is 20.1 Å². The lowest BCUT2D eigenvalue weighted by molar-refractivity contribution is -0.185. The monoisotopic (exact) mass is 296 g/mol. The predicted molar refractivity (Wildman–Crippen MR) is 64.8 cm³/mol. The van der Waals surface area contributed by atoms with Crippen molar-refractivity contribution in [3.63, 3.8) is 0 Å². The van der Waals surface area contributed by atoms with Gasteiger partial charge in [-0.3, -0.25) is 9.59 Å². The van der Waals surface area contributed by atoms with E-state index in [9.17, 15) is 22.8 Å². The van der Waals surface area contributed by atoms with Crippen LogP contribution in [0.25, 0.3) is 0 Å². The Morgan fingerprint density at radius 1 is 1.35 bits per heavy atom. The summed E-state index contributed by atoms with van der Waals surface area (Å²) >= 11 is 0. The van der Waals surface area contributed by atoms with Crippen molar-refractivity contribution in [3.8, 4) is 0 Å². The van der Waals surface area contributed by atoms with Crippen LogP contribution >= 0.6 is 0 Å². The number of nitrogens with zero attached hydrogens (tertiary/aromatic N) is 2. The van der Waals surface area contributed by atoms with Crippen molar-refractivity contribution in [2.24, 2.45) is 11.8 Å². The summed E-state index contributed by atoms with van der Waals surface area (Å²) in [6, 6.07) is 0. The molecule has 1 heterocycles. The van der Waals surface area contributed by atoms with E-state index in [2.05, 4.69) is 4.74 Å². The lowest BCUT2D eigenvalue weighted by atomic mass is 9.94. The third kappa shape index (κ3) is 4.09. The van der Waals surface area contributed by atoms with Gasteiger partial charge in [-0.1, -0.05) is 0 Å². The lowest BCUT2D eigenvalue weighted by Gasteiger charge is -2.25. The highest BCUT2D eigenvalue weighted by molar-refractivity contribution is 5.84. The molecule has 0 spiro atoms. The van der Waals surface area contributed by atoms with E-state index in [-0.39, 0.29) is 26.2 Å². The van der Waals surface area contributed by atoms with Crippen molar-refractivity contribution in [2.75, 3.05) is 40.3 Å². The SMILES string of the molecule is CCOC(=O)CN(C)C(=O)C1CN(C)CC1C(F)(F)F.